The summed E-state index contributed by atoms with van der Waals surface area (Å²) in [5.74, 6) is -0.959. The minimum absolute atomic E-state index is 0.0917. The number of hydrogen-bond donors (Lipinski definition) is 2. The first-order chi connectivity index (χ1) is 7.24. The number of nitrogens with one attached hydrogen (secondary N) is 1. The van der Waals surface area contributed by atoms with Crippen LogP contribution in [0.25, 0.3) is 0 Å². The van der Waals surface area contributed by atoms with Crippen LogP contribution in [0.1, 0.15) is 13.3 Å². The van der Waals surface area contributed by atoms with Crippen LogP contribution in [-0.2, 0) is 9.59 Å². The number of carboxylic acids is 1. The average Bonchev–Trinajstić information content (AvgIpc) is 2.09. The van der Waals surface area contributed by atoms with Crippen LogP contribution in [0, 0.1) is 0 Å². The zero-order chi connectivity index (χ0) is 12.8. The van der Waals surface area contributed by atoms with Crippen molar-refractivity contribution in [2.75, 3.05) is 33.7 Å². The highest BCUT2D eigenvalue weighted by molar-refractivity contribution is 5.91. The summed E-state index contributed by atoms with van der Waals surface area (Å²) in [7, 11) is 3.71. The van der Waals surface area contributed by atoms with Crippen molar-refractivity contribution in [3.05, 3.63) is 12.2 Å². The Labute approximate surface area is 96.3 Å². The van der Waals surface area contributed by atoms with E-state index in [0.29, 0.717) is 23.1 Å². The molecule has 0 bridgehead atoms. The van der Waals surface area contributed by atoms with E-state index in [1.54, 1.807) is 6.92 Å². The number of nitrogens with zero attached hydrogens (tertiary/aromatic N) is 1. The highest BCUT2D eigenvalue weighted by Crippen LogP contribution is 1.98. The number of rotatable bonds is 7. The Kier molecular flexibility index (Phi) is 5.74. The van der Waals surface area contributed by atoms with Gasteiger partial charge in [-0.15, -0.1) is 0 Å². The summed E-state index contributed by atoms with van der Waals surface area (Å²) in [5, 5.41) is 11.4. The van der Waals surface area contributed by atoms with Gasteiger partial charge in [0.2, 0.25) is 5.91 Å². The lowest BCUT2D eigenvalue weighted by atomic mass is 10.3. The average molecular weight is 229 g/mol. The first-order valence-electron chi connectivity index (χ1n) is 5.22. The number of hydrogen-bond acceptors (Lipinski definition) is 2. The summed E-state index contributed by atoms with van der Waals surface area (Å²) in [6.07, 6.45) is 0.749. The fraction of sp³-hybridized carbons (Fsp3) is 0.636. The molecule has 0 radical (unpaired) electrons. The Hall–Kier alpha value is -1.36. The highest BCUT2D eigenvalue weighted by Gasteiger charge is 2.18. The largest absolute Gasteiger partial charge is 0.477 e. The number of amides is 1. The molecule has 0 aromatic rings. The summed E-state index contributed by atoms with van der Waals surface area (Å²) < 4.78 is 0.415. The van der Waals surface area contributed by atoms with E-state index in [0.717, 1.165) is 6.42 Å². The molecule has 0 spiro atoms. The van der Waals surface area contributed by atoms with Crippen molar-refractivity contribution in [3.8, 4) is 0 Å². The van der Waals surface area contributed by atoms with Gasteiger partial charge in [-0.3, -0.25) is 4.79 Å². The molecular formula is C11H21N2O3+. The second kappa shape index (κ2) is 6.27. The number of carbonyl (C=O) groups excluding carboxylic acids is 1. The van der Waals surface area contributed by atoms with Crippen molar-refractivity contribution >= 4 is 11.9 Å². The molecule has 16 heavy (non-hydrogen) atoms. The summed E-state index contributed by atoms with van der Waals surface area (Å²) in [4.78, 5) is 21.7. The van der Waals surface area contributed by atoms with E-state index in [-0.39, 0.29) is 12.5 Å². The molecule has 2 N–H and O–H groups in total. The molecule has 0 aliphatic rings. The molecule has 0 aromatic carbocycles. The van der Waals surface area contributed by atoms with E-state index in [4.69, 9.17) is 5.11 Å². The van der Waals surface area contributed by atoms with Crippen LogP contribution in [0.4, 0.5) is 0 Å². The van der Waals surface area contributed by atoms with Crippen molar-refractivity contribution in [1.82, 2.24) is 5.32 Å². The molecular weight excluding hydrogens is 208 g/mol. The van der Waals surface area contributed by atoms with Crippen molar-refractivity contribution in [3.63, 3.8) is 0 Å². The highest BCUT2D eigenvalue weighted by atomic mass is 16.4. The molecule has 0 aliphatic heterocycles. The number of likely N-dealkylation sites (N-methyl/N-ethyl adjacent to an activating group) is 1. The van der Waals surface area contributed by atoms with Crippen LogP contribution in [0.15, 0.2) is 12.2 Å². The van der Waals surface area contributed by atoms with Crippen LogP contribution in [0.5, 0.6) is 0 Å². The molecule has 1 amide bonds. The van der Waals surface area contributed by atoms with Crippen molar-refractivity contribution in [2.45, 2.75) is 13.3 Å². The topological polar surface area (TPSA) is 66.4 Å². The van der Waals surface area contributed by atoms with E-state index < -0.39 is 5.97 Å². The Morgan fingerprint density at radius 2 is 1.94 bits per heavy atom. The molecule has 0 saturated carbocycles. The van der Waals surface area contributed by atoms with E-state index in [1.165, 1.54) is 0 Å². The second-order valence-corrected chi connectivity index (χ2v) is 4.60. The van der Waals surface area contributed by atoms with Crippen LogP contribution in [0.2, 0.25) is 0 Å². The van der Waals surface area contributed by atoms with Gasteiger partial charge in [-0.2, -0.15) is 0 Å². The monoisotopic (exact) mass is 229 g/mol. The molecule has 0 unspecified atom stereocenters. The lowest BCUT2D eigenvalue weighted by molar-refractivity contribution is -0.883. The van der Waals surface area contributed by atoms with Crippen molar-refractivity contribution in [1.29, 1.82) is 0 Å². The molecule has 0 heterocycles. The Bertz CT molecular complexity index is 285. The van der Waals surface area contributed by atoms with Gasteiger partial charge >= 0.3 is 5.97 Å². The molecule has 0 rings (SSSR count). The van der Waals surface area contributed by atoms with Gasteiger partial charge in [-0.1, -0.05) is 6.58 Å². The van der Waals surface area contributed by atoms with Crippen molar-refractivity contribution in [2.24, 2.45) is 0 Å². The van der Waals surface area contributed by atoms with Gasteiger partial charge in [0, 0.05) is 18.5 Å². The summed E-state index contributed by atoms with van der Waals surface area (Å²) >= 11 is 0. The van der Waals surface area contributed by atoms with Gasteiger partial charge in [-0.25, -0.2) is 4.79 Å². The Balaban J connectivity index is 3.77. The van der Waals surface area contributed by atoms with Crippen LogP contribution >= 0.6 is 0 Å². The zero-order valence-corrected chi connectivity index (χ0v) is 10.2. The third kappa shape index (κ3) is 7.00. The minimum Gasteiger partial charge on any atom is -0.477 e. The maximum absolute atomic E-state index is 11.1. The first kappa shape index (κ1) is 14.6. The Morgan fingerprint density at radius 1 is 1.38 bits per heavy atom. The van der Waals surface area contributed by atoms with E-state index >= 15 is 0 Å². The third-order valence-corrected chi connectivity index (χ3v) is 2.18. The van der Waals surface area contributed by atoms with Gasteiger partial charge in [-0.05, 0) is 6.92 Å². The maximum Gasteiger partial charge on any atom is 0.359 e. The number of aliphatic carboxylic acids is 1. The van der Waals surface area contributed by atoms with Gasteiger partial charge in [0.05, 0.1) is 20.6 Å². The number of quaternary nitrogens is 1. The zero-order valence-electron chi connectivity index (χ0n) is 10.2. The maximum atomic E-state index is 11.1. The lowest BCUT2D eigenvalue weighted by Crippen LogP contribution is -2.45. The predicted octanol–water partition coefficient (Wildman–Crippen LogP) is 0.230. The van der Waals surface area contributed by atoms with Crippen molar-refractivity contribution < 1.29 is 19.2 Å². The predicted molar refractivity (Wildman–Crippen MR) is 61.9 cm³/mol. The Morgan fingerprint density at radius 3 is 2.38 bits per heavy atom. The molecule has 0 saturated heterocycles. The summed E-state index contributed by atoms with van der Waals surface area (Å²) in [5.41, 5.74) is 0.485. The molecule has 0 aliphatic carbocycles. The molecule has 0 aromatic heterocycles. The fourth-order valence-corrected chi connectivity index (χ4v) is 1.31. The molecule has 5 heteroatoms. The van der Waals surface area contributed by atoms with E-state index in [1.807, 2.05) is 14.1 Å². The van der Waals surface area contributed by atoms with E-state index in [2.05, 4.69) is 11.9 Å². The van der Waals surface area contributed by atoms with Gasteiger partial charge < -0.3 is 14.9 Å². The standard InChI is InChI=1S/C11H20N2O3/c1-9(2)11(16)12-6-5-7-13(3,4)8-10(14)15/h1,5-8H2,2-4H3,(H-,12,14,15,16)/p+1. The summed E-state index contributed by atoms with van der Waals surface area (Å²) in [6, 6.07) is 0. The molecule has 0 fully saturated rings. The first-order valence-corrected chi connectivity index (χ1v) is 5.22. The van der Waals surface area contributed by atoms with Crippen LogP contribution < -0.4 is 5.32 Å². The minimum atomic E-state index is -0.809. The van der Waals surface area contributed by atoms with E-state index in [9.17, 15) is 9.59 Å². The number of carboxylic acid groups (broad SMARTS) is 1. The lowest BCUT2D eigenvalue weighted by Gasteiger charge is -2.27. The molecule has 92 valence electrons. The van der Waals surface area contributed by atoms with Gasteiger partial charge in [0.15, 0.2) is 6.54 Å². The third-order valence-electron chi connectivity index (χ3n) is 2.18. The SMILES string of the molecule is C=C(C)C(=O)NCCC[N+](C)(C)CC(=O)O. The number of carbonyl (C=O) groups is 2. The van der Waals surface area contributed by atoms with Gasteiger partial charge in [0.25, 0.3) is 0 Å². The summed E-state index contributed by atoms with van der Waals surface area (Å²) in [6.45, 7) is 6.53. The fourth-order valence-electron chi connectivity index (χ4n) is 1.31. The van der Waals surface area contributed by atoms with Gasteiger partial charge in [0.1, 0.15) is 0 Å². The molecule has 0 atom stereocenters. The smallest absolute Gasteiger partial charge is 0.359 e. The van der Waals surface area contributed by atoms with Crippen LogP contribution in [0.3, 0.4) is 0 Å². The van der Waals surface area contributed by atoms with Crippen LogP contribution in [-0.4, -0.2) is 55.2 Å². The molecule has 5 nitrogen and oxygen atoms in total. The normalized spacial score (nSPS) is 10.9. The quantitative estimate of drug-likeness (QED) is 0.373. The second-order valence-electron chi connectivity index (χ2n) is 4.60.